The van der Waals surface area contributed by atoms with Gasteiger partial charge in [0.1, 0.15) is 17.0 Å². The summed E-state index contributed by atoms with van der Waals surface area (Å²) < 4.78 is 0. The molecule has 2 heterocycles. The molecule has 4 heteroatoms. The van der Waals surface area contributed by atoms with E-state index in [1.807, 2.05) is 23.6 Å². The Bertz CT molecular complexity index is 811. The molecule has 0 aliphatic rings. The number of rotatable bonds is 3. The van der Waals surface area contributed by atoms with Gasteiger partial charge in [0.25, 0.3) is 0 Å². The highest BCUT2D eigenvalue weighted by Crippen LogP contribution is 2.23. The summed E-state index contributed by atoms with van der Waals surface area (Å²) in [5.41, 5.74) is 2.31. The molecule has 3 nitrogen and oxygen atoms in total. The van der Waals surface area contributed by atoms with Gasteiger partial charge in [-0.1, -0.05) is 30.0 Å². The molecule has 0 aliphatic heterocycles. The number of nitrogens with zero attached hydrogens (tertiary/aromatic N) is 2. The SMILES string of the molecule is Cc1ccccc1C#CCCNc1ncnc2sccc12. The molecule has 3 aromatic rings. The van der Waals surface area contributed by atoms with Gasteiger partial charge in [-0.25, -0.2) is 9.97 Å². The van der Waals surface area contributed by atoms with Crippen molar-refractivity contribution in [3.05, 3.63) is 53.2 Å². The van der Waals surface area contributed by atoms with E-state index in [1.165, 1.54) is 5.56 Å². The largest absolute Gasteiger partial charge is 0.368 e. The number of hydrogen-bond donors (Lipinski definition) is 1. The fraction of sp³-hybridized carbons (Fsp3) is 0.176. The van der Waals surface area contributed by atoms with E-state index in [4.69, 9.17) is 0 Å². The summed E-state index contributed by atoms with van der Waals surface area (Å²) in [6.45, 7) is 2.86. The van der Waals surface area contributed by atoms with E-state index < -0.39 is 0 Å². The predicted octanol–water partition coefficient (Wildman–Crippen LogP) is 3.85. The Morgan fingerprint density at radius 3 is 3.00 bits per heavy atom. The molecule has 0 atom stereocenters. The smallest absolute Gasteiger partial charge is 0.138 e. The maximum atomic E-state index is 4.29. The number of fused-ring (bicyclic) bond motifs is 1. The highest BCUT2D eigenvalue weighted by Gasteiger charge is 2.02. The minimum Gasteiger partial charge on any atom is -0.368 e. The molecule has 0 unspecified atom stereocenters. The lowest BCUT2D eigenvalue weighted by molar-refractivity contribution is 1.07. The minimum absolute atomic E-state index is 0.779. The topological polar surface area (TPSA) is 37.8 Å². The van der Waals surface area contributed by atoms with Crippen molar-refractivity contribution < 1.29 is 0 Å². The van der Waals surface area contributed by atoms with Crippen molar-refractivity contribution in [1.82, 2.24) is 9.97 Å². The Kier molecular flexibility index (Phi) is 4.13. The first-order valence-electron chi connectivity index (χ1n) is 6.81. The van der Waals surface area contributed by atoms with Crippen LogP contribution in [0, 0.1) is 18.8 Å². The fourth-order valence-electron chi connectivity index (χ4n) is 2.05. The second kappa shape index (κ2) is 6.38. The third-order valence-electron chi connectivity index (χ3n) is 3.17. The zero-order chi connectivity index (χ0) is 14.5. The standard InChI is InChI=1S/C17H15N3S/c1-13-6-2-3-7-14(13)8-4-5-10-18-16-15-9-11-21-17(15)20-12-19-16/h2-3,6-7,9,11-12H,5,10H2,1H3,(H,18,19,20). The van der Waals surface area contributed by atoms with Gasteiger partial charge in [-0.15, -0.1) is 11.3 Å². The molecule has 21 heavy (non-hydrogen) atoms. The Morgan fingerprint density at radius 1 is 1.19 bits per heavy atom. The maximum Gasteiger partial charge on any atom is 0.138 e. The summed E-state index contributed by atoms with van der Waals surface area (Å²) in [6.07, 6.45) is 2.38. The van der Waals surface area contributed by atoms with E-state index >= 15 is 0 Å². The number of hydrogen-bond acceptors (Lipinski definition) is 4. The highest BCUT2D eigenvalue weighted by molar-refractivity contribution is 7.16. The second-order valence-corrected chi connectivity index (χ2v) is 5.55. The van der Waals surface area contributed by atoms with E-state index in [-0.39, 0.29) is 0 Å². The Labute approximate surface area is 128 Å². The van der Waals surface area contributed by atoms with Crippen molar-refractivity contribution in [3.63, 3.8) is 0 Å². The summed E-state index contributed by atoms with van der Waals surface area (Å²) in [4.78, 5) is 9.53. The third kappa shape index (κ3) is 3.21. The molecule has 0 radical (unpaired) electrons. The Hall–Kier alpha value is -2.38. The first-order chi connectivity index (χ1) is 10.3. The summed E-state index contributed by atoms with van der Waals surface area (Å²) in [7, 11) is 0. The first kappa shape index (κ1) is 13.6. The molecule has 104 valence electrons. The number of anilines is 1. The zero-order valence-electron chi connectivity index (χ0n) is 11.8. The van der Waals surface area contributed by atoms with Gasteiger partial charge in [0.15, 0.2) is 0 Å². The maximum absolute atomic E-state index is 4.29. The monoisotopic (exact) mass is 293 g/mol. The Balaban J connectivity index is 1.60. The molecule has 0 spiro atoms. The lowest BCUT2D eigenvalue weighted by atomic mass is 10.1. The van der Waals surface area contributed by atoms with Crippen molar-refractivity contribution in [3.8, 4) is 11.8 Å². The average molecular weight is 293 g/mol. The third-order valence-corrected chi connectivity index (χ3v) is 3.99. The van der Waals surface area contributed by atoms with E-state index in [0.717, 1.165) is 34.6 Å². The van der Waals surface area contributed by atoms with Gasteiger partial charge >= 0.3 is 0 Å². The fourth-order valence-corrected chi connectivity index (χ4v) is 2.78. The quantitative estimate of drug-likeness (QED) is 0.588. The molecule has 0 aliphatic carbocycles. The van der Waals surface area contributed by atoms with Crippen LogP contribution in [0.4, 0.5) is 5.82 Å². The van der Waals surface area contributed by atoms with Crippen LogP contribution < -0.4 is 5.32 Å². The van der Waals surface area contributed by atoms with E-state index in [0.29, 0.717) is 0 Å². The minimum atomic E-state index is 0.779. The molecule has 3 rings (SSSR count). The van der Waals surface area contributed by atoms with Crippen LogP contribution in [0.15, 0.2) is 42.0 Å². The van der Waals surface area contributed by atoms with Gasteiger partial charge in [-0.05, 0) is 30.0 Å². The lowest BCUT2D eigenvalue weighted by Gasteiger charge is -2.03. The van der Waals surface area contributed by atoms with Crippen LogP contribution in [0.3, 0.4) is 0 Å². The highest BCUT2D eigenvalue weighted by atomic mass is 32.1. The van der Waals surface area contributed by atoms with Crippen LogP contribution in [0.25, 0.3) is 10.2 Å². The molecule has 0 bridgehead atoms. The van der Waals surface area contributed by atoms with Gasteiger partial charge in [0.2, 0.25) is 0 Å². The summed E-state index contributed by atoms with van der Waals surface area (Å²) >= 11 is 1.62. The molecule has 0 fully saturated rings. The van der Waals surface area contributed by atoms with Crippen LogP contribution in [0.2, 0.25) is 0 Å². The molecule has 1 aromatic carbocycles. The van der Waals surface area contributed by atoms with E-state index in [9.17, 15) is 0 Å². The first-order valence-corrected chi connectivity index (χ1v) is 7.69. The summed E-state index contributed by atoms with van der Waals surface area (Å²) in [5.74, 6) is 7.30. The second-order valence-electron chi connectivity index (χ2n) is 4.66. The summed E-state index contributed by atoms with van der Waals surface area (Å²) in [5, 5.41) is 6.44. The molecule has 0 saturated heterocycles. The van der Waals surface area contributed by atoms with E-state index in [1.54, 1.807) is 17.7 Å². The van der Waals surface area contributed by atoms with Gasteiger partial charge in [0.05, 0.1) is 5.39 Å². The van der Waals surface area contributed by atoms with Crippen molar-refractivity contribution in [1.29, 1.82) is 0 Å². The van der Waals surface area contributed by atoms with Crippen molar-refractivity contribution in [2.75, 3.05) is 11.9 Å². The molecular formula is C17H15N3S. The predicted molar refractivity (Wildman–Crippen MR) is 88.6 cm³/mol. The molecule has 1 N–H and O–H groups in total. The molecular weight excluding hydrogens is 278 g/mol. The van der Waals surface area contributed by atoms with Crippen LogP contribution in [0.5, 0.6) is 0 Å². The van der Waals surface area contributed by atoms with E-state index in [2.05, 4.69) is 46.2 Å². The van der Waals surface area contributed by atoms with Crippen molar-refractivity contribution >= 4 is 27.4 Å². The van der Waals surface area contributed by atoms with Crippen LogP contribution in [-0.4, -0.2) is 16.5 Å². The van der Waals surface area contributed by atoms with Crippen LogP contribution in [0.1, 0.15) is 17.5 Å². The van der Waals surface area contributed by atoms with Gasteiger partial charge < -0.3 is 5.32 Å². The number of thiophene rings is 1. The molecule has 0 amide bonds. The van der Waals surface area contributed by atoms with Gasteiger partial charge in [-0.2, -0.15) is 0 Å². The van der Waals surface area contributed by atoms with Crippen LogP contribution >= 0.6 is 11.3 Å². The number of nitrogens with one attached hydrogen (secondary N) is 1. The number of aromatic nitrogens is 2. The normalized spacial score (nSPS) is 10.1. The van der Waals surface area contributed by atoms with Gasteiger partial charge in [-0.3, -0.25) is 0 Å². The van der Waals surface area contributed by atoms with Crippen LogP contribution in [-0.2, 0) is 0 Å². The molecule has 0 saturated carbocycles. The van der Waals surface area contributed by atoms with Crippen molar-refractivity contribution in [2.45, 2.75) is 13.3 Å². The average Bonchev–Trinajstić information content (AvgIpc) is 2.98. The number of benzene rings is 1. The van der Waals surface area contributed by atoms with Crippen molar-refractivity contribution in [2.24, 2.45) is 0 Å². The lowest BCUT2D eigenvalue weighted by Crippen LogP contribution is -2.02. The summed E-state index contributed by atoms with van der Waals surface area (Å²) in [6, 6.07) is 10.2. The van der Waals surface area contributed by atoms with Gasteiger partial charge in [0, 0.05) is 18.5 Å². The molecule has 2 aromatic heterocycles. The number of aryl methyl sites for hydroxylation is 1. The Morgan fingerprint density at radius 2 is 2.10 bits per heavy atom. The zero-order valence-corrected chi connectivity index (χ0v) is 12.6.